The van der Waals surface area contributed by atoms with Crippen LogP contribution in [0.15, 0.2) is 17.4 Å². The Hall–Kier alpha value is -1.29. The maximum absolute atomic E-state index is 8.77. The lowest BCUT2D eigenvalue weighted by molar-refractivity contribution is 0.282. The van der Waals surface area contributed by atoms with E-state index in [1.165, 1.54) is 12.3 Å². The molecule has 12 heavy (non-hydrogen) atoms. The quantitative estimate of drug-likeness (QED) is 0.331. The fourth-order valence-corrected chi connectivity index (χ4v) is 0.864. The molecule has 0 saturated carbocycles. The van der Waals surface area contributed by atoms with Gasteiger partial charge in [0.05, 0.1) is 6.61 Å². The minimum Gasteiger partial charge on any atom is -0.392 e. The molecule has 1 aromatic rings. The number of halogens is 1. The summed E-state index contributed by atoms with van der Waals surface area (Å²) in [4.78, 5) is 6.30. The van der Waals surface area contributed by atoms with E-state index < -0.39 is 0 Å². The molecular weight excluding hydrogens is 180 g/mol. The Morgan fingerprint density at radius 2 is 2.50 bits per heavy atom. The predicted molar refractivity (Wildman–Crippen MR) is 44.0 cm³/mol. The Morgan fingerprint density at radius 3 is 3.08 bits per heavy atom. The summed E-state index contributed by atoms with van der Waals surface area (Å²) in [5.41, 5.74) is 8.91. The van der Waals surface area contributed by atoms with Crippen molar-refractivity contribution in [2.24, 2.45) is 5.11 Å². The highest BCUT2D eigenvalue weighted by atomic mass is 35.5. The van der Waals surface area contributed by atoms with Gasteiger partial charge in [0, 0.05) is 22.4 Å². The number of aromatic nitrogens is 1. The lowest BCUT2D eigenvalue weighted by Crippen LogP contribution is -1.85. The third kappa shape index (κ3) is 1.85. The Kier molecular flexibility index (Phi) is 2.88. The van der Waals surface area contributed by atoms with E-state index in [4.69, 9.17) is 22.2 Å². The molecule has 1 aromatic heterocycles. The van der Waals surface area contributed by atoms with Gasteiger partial charge in [0.1, 0.15) is 5.15 Å². The largest absolute Gasteiger partial charge is 0.392 e. The van der Waals surface area contributed by atoms with Crippen LogP contribution in [0.2, 0.25) is 5.15 Å². The van der Waals surface area contributed by atoms with Crippen molar-refractivity contribution >= 4 is 17.3 Å². The second-order valence-electron chi connectivity index (χ2n) is 1.98. The maximum Gasteiger partial charge on any atom is 0.129 e. The van der Waals surface area contributed by atoms with E-state index in [0.717, 1.165) is 0 Å². The standard InChI is InChI=1S/C6H5ClN4O/c7-6-1-5(10-11-8)4(3-12)2-9-6/h1-2,12H,3H2. The van der Waals surface area contributed by atoms with Crippen molar-refractivity contribution in [3.63, 3.8) is 0 Å². The first kappa shape index (κ1) is 8.80. The van der Waals surface area contributed by atoms with Crippen LogP contribution < -0.4 is 0 Å². The number of aliphatic hydroxyl groups is 1. The highest BCUT2D eigenvalue weighted by Crippen LogP contribution is 2.21. The molecule has 62 valence electrons. The minimum absolute atomic E-state index is 0.224. The van der Waals surface area contributed by atoms with Gasteiger partial charge < -0.3 is 5.11 Å². The molecule has 6 heteroatoms. The van der Waals surface area contributed by atoms with Crippen LogP contribution >= 0.6 is 11.6 Å². The zero-order valence-corrected chi connectivity index (χ0v) is 6.73. The van der Waals surface area contributed by atoms with Crippen LogP contribution in [0.5, 0.6) is 0 Å². The molecule has 0 unspecified atom stereocenters. The fourth-order valence-electron chi connectivity index (χ4n) is 0.712. The molecule has 0 aromatic carbocycles. The smallest absolute Gasteiger partial charge is 0.129 e. The van der Waals surface area contributed by atoms with E-state index in [1.54, 1.807) is 0 Å². The minimum atomic E-state index is -0.224. The molecule has 0 aliphatic heterocycles. The Bertz CT molecular complexity index is 334. The van der Waals surface area contributed by atoms with Gasteiger partial charge in [-0.2, -0.15) is 0 Å². The van der Waals surface area contributed by atoms with Crippen molar-refractivity contribution in [2.45, 2.75) is 6.61 Å². The highest BCUT2D eigenvalue weighted by Gasteiger charge is 2.00. The molecule has 0 radical (unpaired) electrons. The van der Waals surface area contributed by atoms with Crippen molar-refractivity contribution in [3.8, 4) is 0 Å². The van der Waals surface area contributed by atoms with Crippen LogP contribution in [0.1, 0.15) is 5.56 Å². The summed E-state index contributed by atoms with van der Waals surface area (Å²) >= 11 is 5.53. The van der Waals surface area contributed by atoms with Crippen LogP contribution in [-0.2, 0) is 6.61 Å². The number of aliphatic hydroxyl groups excluding tert-OH is 1. The molecule has 0 spiro atoms. The van der Waals surface area contributed by atoms with Crippen molar-refractivity contribution < 1.29 is 5.11 Å². The number of nitrogens with zero attached hydrogens (tertiary/aromatic N) is 4. The summed E-state index contributed by atoms with van der Waals surface area (Å²) in [6.45, 7) is -0.224. The zero-order valence-electron chi connectivity index (χ0n) is 5.98. The van der Waals surface area contributed by atoms with Gasteiger partial charge in [-0.05, 0) is 11.6 Å². The SMILES string of the molecule is [N-]=[N+]=Nc1cc(Cl)ncc1CO. The molecule has 0 atom stereocenters. The van der Waals surface area contributed by atoms with E-state index in [9.17, 15) is 0 Å². The monoisotopic (exact) mass is 184 g/mol. The second kappa shape index (κ2) is 3.92. The first-order valence-corrected chi connectivity index (χ1v) is 3.46. The number of hydrogen-bond donors (Lipinski definition) is 1. The van der Waals surface area contributed by atoms with Crippen LogP contribution in [0.25, 0.3) is 10.4 Å². The molecular formula is C6H5ClN4O. The molecule has 0 saturated heterocycles. The van der Waals surface area contributed by atoms with Gasteiger partial charge in [-0.25, -0.2) is 4.98 Å². The topological polar surface area (TPSA) is 81.9 Å². The maximum atomic E-state index is 8.77. The molecule has 0 aliphatic carbocycles. The summed E-state index contributed by atoms with van der Waals surface area (Å²) in [6, 6.07) is 1.40. The van der Waals surface area contributed by atoms with Crippen LogP contribution in [0.4, 0.5) is 5.69 Å². The molecule has 0 fully saturated rings. The molecule has 5 nitrogen and oxygen atoms in total. The Balaban J connectivity index is 3.20. The third-order valence-electron chi connectivity index (χ3n) is 1.25. The van der Waals surface area contributed by atoms with E-state index in [-0.39, 0.29) is 11.8 Å². The molecule has 0 bridgehead atoms. The third-order valence-corrected chi connectivity index (χ3v) is 1.46. The number of hydrogen-bond acceptors (Lipinski definition) is 3. The number of azide groups is 1. The van der Waals surface area contributed by atoms with Gasteiger partial charge in [-0.3, -0.25) is 0 Å². The summed E-state index contributed by atoms with van der Waals surface area (Å²) in [5, 5.41) is 12.3. The van der Waals surface area contributed by atoms with Gasteiger partial charge in [0.25, 0.3) is 0 Å². The fraction of sp³-hybridized carbons (Fsp3) is 0.167. The molecule has 1 heterocycles. The Morgan fingerprint density at radius 1 is 1.75 bits per heavy atom. The second-order valence-corrected chi connectivity index (χ2v) is 2.37. The highest BCUT2D eigenvalue weighted by molar-refractivity contribution is 6.29. The molecule has 0 aliphatic rings. The van der Waals surface area contributed by atoms with Crippen LogP contribution in [-0.4, -0.2) is 10.1 Å². The van der Waals surface area contributed by atoms with E-state index in [0.29, 0.717) is 11.3 Å². The summed E-state index contributed by atoms with van der Waals surface area (Å²) in [7, 11) is 0. The summed E-state index contributed by atoms with van der Waals surface area (Å²) < 4.78 is 0. The van der Waals surface area contributed by atoms with E-state index >= 15 is 0 Å². The van der Waals surface area contributed by atoms with Gasteiger partial charge in [-0.15, -0.1) is 0 Å². The van der Waals surface area contributed by atoms with Gasteiger partial charge >= 0.3 is 0 Å². The average Bonchev–Trinajstić information content (AvgIpc) is 2.05. The summed E-state index contributed by atoms with van der Waals surface area (Å²) in [5.74, 6) is 0. The predicted octanol–water partition coefficient (Wildman–Crippen LogP) is 2.17. The van der Waals surface area contributed by atoms with Crippen molar-refractivity contribution in [1.29, 1.82) is 0 Å². The van der Waals surface area contributed by atoms with Crippen LogP contribution in [0.3, 0.4) is 0 Å². The van der Waals surface area contributed by atoms with Crippen molar-refractivity contribution in [3.05, 3.63) is 33.4 Å². The number of rotatable bonds is 2. The van der Waals surface area contributed by atoms with Crippen LogP contribution in [0, 0.1) is 0 Å². The van der Waals surface area contributed by atoms with Crippen molar-refractivity contribution in [1.82, 2.24) is 4.98 Å². The van der Waals surface area contributed by atoms with E-state index in [2.05, 4.69) is 15.0 Å². The van der Waals surface area contributed by atoms with E-state index in [1.807, 2.05) is 0 Å². The van der Waals surface area contributed by atoms with Crippen molar-refractivity contribution in [2.75, 3.05) is 0 Å². The number of pyridine rings is 1. The zero-order chi connectivity index (χ0) is 8.97. The van der Waals surface area contributed by atoms with Gasteiger partial charge in [0.2, 0.25) is 0 Å². The lowest BCUT2D eigenvalue weighted by Gasteiger charge is -1.99. The average molecular weight is 185 g/mol. The summed E-state index contributed by atoms with van der Waals surface area (Å²) in [6.07, 6.45) is 1.37. The lowest BCUT2D eigenvalue weighted by atomic mass is 10.2. The first-order valence-electron chi connectivity index (χ1n) is 3.08. The molecule has 1 rings (SSSR count). The normalized spacial score (nSPS) is 9.17. The molecule has 1 N–H and O–H groups in total. The van der Waals surface area contributed by atoms with Gasteiger partial charge in [0.15, 0.2) is 0 Å². The molecule has 0 amide bonds. The van der Waals surface area contributed by atoms with Gasteiger partial charge in [-0.1, -0.05) is 16.7 Å². The first-order chi connectivity index (χ1) is 5.77. The Labute approximate surface area is 73.2 Å².